The second kappa shape index (κ2) is 7.86. The van der Waals surface area contributed by atoms with Gasteiger partial charge >= 0.3 is 5.69 Å². The normalized spacial score (nSPS) is 12.2. The van der Waals surface area contributed by atoms with Crippen molar-refractivity contribution in [1.82, 2.24) is 24.9 Å². The van der Waals surface area contributed by atoms with Gasteiger partial charge in [0.1, 0.15) is 17.4 Å². The summed E-state index contributed by atoms with van der Waals surface area (Å²) in [6.07, 6.45) is 0.689. The van der Waals surface area contributed by atoms with Gasteiger partial charge in [-0.1, -0.05) is 11.6 Å². The van der Waals surface area contributed by atoms with Crippen LogP contribution in [0.25, 0.3) is 0 Å². The summed E-state index contributed by atoms with van der Waals surface area (Å²) in [6, 6.07) is -0.634. The third-order valence-electron chi connectivity index (χ3n) is 4.35. The molecule has 0 aromatic carbocycles. The highest BCUT2D eigenvalue weighted by atomic mass is 35.5. The van der Waals surface area contributed by atoms with E-state index in [0.29, 0.717) is 35.9 Å². The summed E-state index contributed by atoms with van der Waals surface area (Å²) in [5.41, 5.74) is 2.30. The van der Waals surface area contributed by atoms with Crippen molar-refractivity contribution < 1.29 is 9.72 Å². The quantitative estimate of drug-likeness (QED) is 0.450. The van der Waals surface area contributed by atoms with Crippen LogP contribution in [0.4, 0.5) is 5.69 Å². The summed E-state index contributed by atoms with van der Waals surface area (Å²) in [4.78, 5) is 22.9. The van der Waals surface area contributed by atoms with E-state index in [1.54, 1.807) is 20.8 Å². The molecule has 0 radical (unpaired) electrons. The van der Waals surface area contributed by atoms with Crippen LogP contribution in [0.2, 0.25) is 5.02 Å². The Bertz CT molecular complexity index is 842. The van der Waals surface area contributed by atoms with Gasteiger partial charge in [-0.25, -0.2) is 0 Å². The van der Waals surface area contributed by atoms with Crippen LogP contribution in [-0.2, 0) is 11.3 Å². The molecular formula is C16H23ClN6O3. The fraction of sp³-hybridized carbons (Fsp3) is 0.562. The van der Waals surface area contributed by atoms with Crippen molar-refractivity contribution in [2.75, 3.05) is 6.54 Å². The molecule has 0 spiro atoms. The third-order valence-corrected chi connectivity index (χ3v) is 4.90. The number of halogens is 1. The molecule has 142 valence electrons. The second-order valence-electron chi connectivity index (χ2n) is 6.25. The third kappa shape index (κ3) is 3.87. The van der Waals surface area contributed by atoms with Gasteiger partial charge in [-0.05, 0) is 41.0 Å². The molecule has 0 aliphatic carbocycles. The number of carbonyl (C=O) groups excluding carboxylic acids is 1. The molecule has 2 rings (SSSR count). The molecule has 0 aliphatic heterocycles. The highest BCUT2D eigenvalue weighted by Crippen LogP contribution is 2.24. The minimum Gasteiger partial charge on any atom is -0.354 e. The van der Waals surface area contributed by atoms with Crippen LogP contribution in [0.3, 0.4) is 0 Å². The van der Waals surface area contributed by atoms with E-state index >= 15 is 0 Å². The first-order chi connectivity index (χ1) is 12.1. The predicted octanol–water partition coefficient (Wildman–Crippen LogP) is 2.64. The minimum atomic E-state index is -0.634. The molecule has 2 aromatic rings. The van der Waals surface area contributed by atoms with Crippen molar-refractivity contribution in [2.45, 2.75) is 53.6 Å². The fourth-order valence-corrected chi connectivity index (χ4v) is 3.02. The molecule has 9 nitrogen and oxygen atoms in total. The van der Waals surface area contributed by atoms with E-state index in [-0.39, 0.29) is 11.6 Å². The van der Waals surface area contributed by atoms with Gasteiger partial charge in [-0.3, -0.25) is 24.3 Å². The van der Waals surface area contributed by atoms with Gasteiger partial charge in [0, 0.05) is 13.1 Å². The van der Waals surface area contributed by atoms with E-state index < -0.39 is 11.0 Å². The summed E-state index contributed by atoms with van der Waals surface area (Å²) in [6.45, 7) is 9.67. The van der Waals surface area contributed by atoms with Crippen molar-refractivity contribution in [1.29, 1.82) is 0 Å². The van der Waals surface area contributed by atoms with Gasteiger partial charge in [-0.15, -0.1) is 0 Å². The molecule has 0 aliphatic rings. The Morgan fingerprint density at radius 3 is 2.38 bits per heavy atom. The maximum Gasteiger partial charge on any atom is 0.312 e. The van der Waals surface area contributed by atoms with E-state index in [1.165, 1.54) is 4.68 Å². The largest absolute Gasteiger partial charge is 0.354 e. The molecule has 2 aromatic heterocycles. The first kappa shape index (κ1) is 19.9. The summed E-state index contributed by atoms with van der Waals surface area (Å²) in [7, 11) is 0. The Hall–Kier alpha value is -2.42. The lowest BCUT2D eigenvalue weighted by atomic mass is 10.2. The molecule has 1 amide bonds. The zero-order valence-corrected chi connectivity index (χ0v) is 16.3. The Morgan fingerprint density at radius 2 is 1.88 bits per heavy atom. The molecule has 0 fully saturated rings. The average Bonchev–Trinajstić information content (AvgIpc) is 3.01. The lowest BCUT2D eigenvalue weighted by Crippen LogP contribution is -2.33. The van der Waals surface area contributed by atoms with Crippen LogP contribution >= 0.6 is 11.6 Å². The molecule has 10 heteroatoms. The van der Waals surface area contributed by atoms with Crippen LogP contribution in [0.5, 0.6) is 0 Å². The van der Waals surface area contributed by atoms with Crippen molar-refractivity contribution >= 4 is 23.2 Å². The van der Waals surface area contributed by atoms with Crippen molar-refractivity contribution in [2.24, 2.45) is 0 Å². The molecule has 0 saturated carbocycles. The maximum atomic E-state index is 12.3. The van der Waals surface area contributed by atoms with Gasteiger partial charge in [-0.2, -0.15) is 10.2 Å². The lowest BCUT2D eigenvalue weighted by molar-refractivity contribution is -0.386. The first-order valence-corrected chi connectivity index (χ1v) is 8.70. The topological polar surface area (TPSA) is 108 Å². The number of aromatic nitrogens is 4. The lowest BCUT2D eigenvalue weighted by Gasteiger charge is -2.14. The maximum absolute atomic E-state index is 12.3. The number of nitro groups is 1. The molecule has 0 saturated heterocycles. The fourth-order valence-electron chi connectivity index (χ4n) is 2.89. The number of hydrogen-bond acceptors (Lipinski definition) is 5. The predicted molar refractivity (Wildman–Crippen MR) is 97.4 cm³/mol. The smallest absolute Gasteiger partial charge is 0.312 e. The van der Waals surface area contributed by atoms with Crippen molar-refractivity contribution in [3.05, 3.63) is 37.9 Å². The Labute approximate surface area is 156 Å². The highest BCUT2D eigenvalue weighted by Gasteiger charge is 2.26. The Kier molecular flexibility index (Phi) is 6.01. The number of nitrogens with zero attached hydrogens (tertiary/aromatic N) is 5. The zero-order chi connectivity index (χ0) is 19.6. The molecule has 1 N–H and O–H groups in total. The molecular weight excluding hydrogens is 360 g/mol. The monoisotopic (exact) mass is 382 g/mol. The van der Waals surface area contributed by atoms with Gasteiger partial charge in [0.05, 0.1) is 21.3 Å². The molecule has 2 heterocycles. The summed E-state index contributed by atoms with van der Waals surface area (Å²) < 4.78 is 3.21. The van der Waals surface area contributed by atoms with E-state index in [2.05, 4.69) is 15.5 Å². The van der Waals surface area contributed by atoms with Gasteiger partial charge in [0.2, 0.25) is 5.91 Å². The van der Waals surface area contributed by atoms with Crippen LogP contribution in [0, 0.1) is 37.8 Å². The van der Waals surface area contributed by atoms with E-state index in [4.69, 9.17) is 11.6 Å². The number of amides is 1. The zero-order valence-electron chi connectivity index (χ0n) is 15.5. The van der Waals surface area contributed by atoms with Gasteiger partial charge in [0.25, 0.3) is 0 Å². The second-order valence-corrected chi connectivity index (χ2v) is 6.63. The van der Waals surface area contributed by atoms with Crippen LogP contribution < -0.4 is 5.32 Å². The number of aryl methyl sites for hydroxylation is 3. The van der Waals surface area contributed by atoms with E-state index in [9.17, 15) is 14.9 Å². The minimum absolute atomic E-state index is 0.0499. The molecule has 1 unspecified atom stereocenters. The average molecular weight is 383 g/mol. The molecule has 0 bridgehead atoms. The standard InChI is InChI=1S/C16H23ClN6O3/c1-9-14(17)11(3)21(19-9)8-6-7-18-16(24)13(5)22-12(4)15(23(25)26)10(2)20-22/h13H,6-8H2,1-5H3,(H,18,24). The molecule has 26 heavy (non-hydrogen) atoms. The SMILES string of the molecule is Cc1nn(CCCNC(=O)C(C)n2nc(C)c([N+](=O)[O-])c2C)c(C)c1Cl. The van der Waals surface area contributed by atoms with Crippen molar-refractivity contribution in [3.63, 3.8) is 0 Å². The summed E-state index contributed by atoms with van der Waals surface area (Å²) in [5.74, 6) is -0.239. The Balaban J connectivity index is 1.93. The highest BCUT2D eigenvalue weighted by molar-refractivity contribution is 6.31. The van der Waals surface area contributed by atoms with Crippen molar-refractivity contribution in [3.8, 4) is 0 Å². The van der Waals surface area contributed by atoms with Crippen LogP contribution in [-0.4, -0.2) is 36.9 Å². The number of hydrogen-bond donors (Lipinski definition) is 1. The first-order valence-electron chi connectivity index (χ1n) is 8.32. The van der Waals surface area contributed by atoms with E-state index in [0.717, 1.165) is 11.4 Å². The van der Waals surface area contributed by atoms with Gasteiger partial charge in [0.15, 0.2) is 0 Å². The Morgan fingerprint density at radius 1 is 1.23 bits per heavy atom. The van der Waals surface area contributed by atoms with Crippen LogP contribution in [0.15, 0.2) is 0 Å². The van der Waals surface area contributed by atoms with E-state index in [1.807, 2.05) is 18.5 Å². The summed E-state index contributed by atoms with van der Waals surface area (Å²) in [5, 5.41) is 23.1. The number of rotatable bonds is 7. The molecule has 1 atom stereocenters. The number of carbonyl (C=O) groups is 1. The summed E-state index contributed by atoms with van der Waals surface area (Å²) >= 11 is 6.11. The number of nitrogens with one attached hydrogen (secondary N) is 1. The van der Waals surface area contributed by atoms with Crippen LogP contribution in [0.1, 0.15) is 42.2 Å². The van der Waals surface area contributed by atoms with Gasteiger partial charge < -0.3 is 5.32 Å².